The van der Waals surface area contributed by atoms with Crippen molar-refractivity contribution in [3.8, 4) is 0 Å². The molecule has 1 saturated heterocycles. The first kappa shape index (κ1) is 30.6. The van der Waals surface area contributed by atoms with Crippen LogP contribution in [-0.2, 0) is 16.0 Å². The van der Waals surface area contributed by atoms with Crippen LogP contribution in [-0.4, -0.2) is 70.3 Å². The standard InChI is InChI=1S/C24H30Cl2N6O4.ClH/c1-13(2)21(30-19(34)11-27)24(36)32-8-6-15(7-9-32)29-23(35)22-14(12-28-31-22)10-18(33)20-16(25)4-3-5-17(20)26;/h3-5,12-13,15,21H,6-11,27H2,1-2H3,(H,28,31)(H,29,35)(H,30,34);1H/t21-;/m0./s1. The number of rotatable bonds is 9. The maximum atomic E-state index is 12.9. The van der Waals surface area contributed by atoms with Gasteiger partial charge in [-0.3, -0.25) is 24.3 Å². The van der Waals surface area contributed by atoms with Crippen molar-refractivity contribution in [2.45, 2.75) is 45.2 Å². The normalized spacial score (nSPS) is 14.6. The van der Waals surface area contributed by atoms with E-state index in [1.165, 1.54) is 6.20 Å². The van der Waals surface area contributed by atoms with E-state index in [-0.39, 0.29) is 82.1 Å². The molecule has 0 unspecified atom stereocenters. The van der Waals surface area contributed by atoms with Crippen LogP contribution in [0.4, 0.5) is 0 Å². The predicted molar refractivity (Wildman–Crippen MR) is 143 cm³/mol. The largest absolute Gasteiger partial charge is 0.348 e. The highest BCUT2D eigenvalue weighted by atomic mass is 35.5. The zero-order valence-corrected chi connectivity index (χ0v) is 22.9. The number of aromatic nitrogens is 2. The zero-order valence-electron chi connectivity index (χ0n) is 20.6. The number of piperidine rings is 1. The van der Waals surface area contributed by atoms with Crippen LogP contribution in [0.25, 0.3) is 0 Å². The molecule has 202 valence electrons. The Labute approximate surface area is 231 Å². The van der Waals surface area contributed by atoms with Crippen LogP contribution in [0.2, 0.25) is 10.0 Å². The number of Topliss-reactive ketones (excluding diaryl/α,β-unsaturated/α-hetero) is 1. The second kappa shape index (κ2) is 13.8. The third-order valence-electron chi connectivity index (χ3n) is 6.11. The van der Waals surface area contributed by atoms with Crippen molar-refractivity contribution in [1.82, 2.24) is 25.7 Å². The minimum atomic E-state index is -0.649. The van der Waals surface area contributed by atoms with E-state index in [1.54, 1.807) is 23.1 Å². The average molecular weight is 574 g/mol. The number of carbonyl (C=O) groups excluding carboxylic acids is 4. The van der Waals surface area contributed by atoms with E-state index in [1.807, 2.05) is 13.8 Å². The molecule has 1 atom stereocenters. The molecule has 0 bridgehead atoms. The fraction of sp³-hybridized carbons (Fsp3) is 0.458. The molecule has 0 saturated carbocycles. The Morgan fingerprint density at radius 3 is 2.35 bits per heavy atom. The van der Waals surface area contributed by atoms with Crippen LogP contribution in [0.3, 0.4) is 0 Å². The SMILES string of the molecule is CC(C)[C@H](NC(=O)CN)C(=O)N1CCC(NC(=O)c2[nH]ncc2CC(=O)c2c(Cl)cccc2Cl)CC1.Cl. The Balaban J connectivity index is 0.00000481. The molecule has 1 aromatic carbocycles. The Hall–Kier alpha value is -2.66. The summed E-state index contributed by atoms with van der Waals surface area (Å²) < 4.78 is 0. The summed E-state index contributed by atoms with van der Waals surface area (Å²) in [4.78, 5) is 52.1. The average Bonchev–Trinajstić information content (AvgIpc) is 3.30. The van der Waals surface area contributed by atoms with Gasteiger partial charge in [-0.25, -0.2) is 0 Å². The lowest BCUT2D eigenvalue weighted by molar-refractivity contribution is -0.138. The molecule has 10 nitrogen and oxygen atoms in total. The van der Waals surface area contributed by atoms with Gasteiger partial charge in [0.05, 0.1) is 28.4 Å². The first-order chi connectivity index (χ1) is 17.1. The topological polar surface area (TPSA) is 150 Å². The van der Waals surface area contributed by atoms with E-state index in [2.05, 4.69) is 20.8 Å². The van der Waals surface area contributed by atoms with Gasteiger partial charge in [-0.1, -0.05) is 43.1 Å². The number of benzene rings is 1. The highest BCUT2D eigenvalue weighted by Crippen LogP contribution is 2.26. The van der Waals surface area contributed by atoms with Crippen LogP contribution >= 0.6 is 35.6 Å². The minimum Gasteiger partial charge on any atom is -0.348 e. The summed E-state index contributed by atoms with van der Waals surface area (Å²) in [5, 5.41) is 12.7. The smallest absolute Gasteiger partial charge is 0.269 e. The molecule has 2 heterocycles. The minimum absolute atomic E-state index is 0. The van der Waals surface area contributed by atoms with Crippen molar-refractivity contribution in [1.29, 1.82) is 0 Å². The molecule has 37 heavy (non-hydrogen) atoms. The van der Waals surface area contributed by atoms with Gasteiger partial charge in [0.15, 0.2) is 5.78 Å². The van der Waals surface area contributed by atoms with Gasteiger partial charge >= 0.3 is 0 Å². The summed E-state index contributed by atoms with van der Waals surface area (Å²) in [5.41, 5.74) is 6.19. The summed E-state index contributed by atoms with van der Waals surface area (Å²) in [7, 11) is 0. The zero-order chi connectivity index (χ0) is 26.4. The van der Waals surface area contributed by atoms with Gasteiger partial charge < -0.3 is 21.3 Å². The molecule has 3 rings (SSSR count). The molecule has 5 N–H and O–H groups in total. The Morgan fingerprint density at radius 2 is 1.78 bits per heavy atom. The second-order valence-electron chi connectivity index (χ2n) is 9.03. The van der Waals surface area contributed by atoms with Crippen LogP contribution in [0.1, 0.15) is 53.1 Å². The van der Waals surface area contributed by atoms with Gasteiger partial charge in [-0.15, -0.1) is 12.4 Å². The number of H-pyrrole nitrogens is 1. The number of hydrogen-bond donors (Lipinski definition) is 4. The Kier molecular flexibility index (Phi) is 11.4. The van der Waals surface area contributed by atoms with Crippen molar-refractivity contribution in [3.05, 3.63) is 51.3 Å². The summed E-state index contributed by atoms with van der Waals surface area (Å²) >= 11 is 12.3. The molecule has 1 fully saturated rings. The Bertz CT molecular complexity index is 1110. The molecular formula is C24H31Cl3N6O4. The number of aromatic amines is 1. The molecule has 1 aromatic heterocycles. The summed E-state index contributed by atoms with van der Waals surface area (Å²) in [6.07, 6.45) is 2.43. The summed E-state index contributed by atoms with van der Waals surface area (Å²) in [6.45, 7) is 4.41. The number of carbonyl (C=O) groups is 4. The van der Waals surface area contributed by atoms with Crippen molar-refractivity contribution < 1.29 is 19.2 Å². The summed E-state index contributed by atoms with van der Waals surface area (Å²) in [6, 6.07) is 3.99. The molecule has 0 radical (unpaired) electrons. The summed E-state index contributed by atoms with van der Waals surface area (Å²) in [5.74, 6) is -1.35. The molecule has 1 aliphatic rings. The van der Waals surface area contributed by atoms with E-state index in [0.29, 0.717) is 31.5 Å². The van der Waals surface area contributed by atoms with Gasteiger partial charge in [-0.05, 0) is 30.9 Å². The van der Waals surface area contributed by atoms with Crippen LogP contribution in [0.5, 0.6) is 0 Å². The number of nitrogens with two attached hydrogens (primary N) is 1. The van der Waals surface area contributed by atoms with Gasteiger partial charge in [0.2, 0.25) is 11.8 Å². The number of hydrogen-bond acceptors (Lipinski definition) is 6. The van der Waals surface area contributed by atoms with Gasteiger partial charge in [-0.2, -0.15) is 5.10 Å². The lowest BCUT2D eigenvalue weighted by Crippen LogP contribution is -2.55. The third-order valence-corrected chi connectivity index (χ3v) is 6.74. The van der Waals surface area contributed by atoms with E-state index in [0.717, 1.165) is 0 Å². The number of likely N-dealkylation sites (tertiary alicyclic amines) is 1. The molecular weight excluding hydrogens is 543 g/mol. The van der Waals surface area contributed by atoms with E-state index < -0.39 is 6.04 Å². The monoisotopic (exact) mass is 572 g/mol. The second-order valence-corrected chi connectivity index (χ2v) is 9.85. The lowest BCUT2D eigenvalue weighted by atomic mass is 9.99. The third kappa shape index (κ3) is 7.67. The van der Waals surface area contributed by atoms with E-state index in [4.69, 9.17) is 28.9 Å². The fourth-order valence-corrected chi connectivity index (χ4v) is 4.72. The van der Waals surface area contributed by atoms with Gasteiger partial charge in [0.1, 0.15) is 11.7 Å². The van der Waals surface area contributed by atoms with Crippen molar-refractivity contribution >= 4 is 59.1 Å². The number of amides is 3. The molecule has 0 spiro atoms. The number of ketones is 1. The first-order valence-corrected chi connectivity index (χ1v) is 12.5. The number of nitrogens with one attached hydrogen (secondary N) is 3. The highest BCUT2D eigenvalue weighted by Gasteiger charge is 2.32. The van der Waals surface area contributed by atoms with Crippen molar-refractivity contribution in [2.75, 3.05) is 19.6 Å². The van der Waals surface area contributed by atoms with Gasteiger partial charge in [0.25, 0.3) is 5.91 Å². The van der Waals surface area contributed by atoms with Crippen molar-refractivity contribution in [2.24, 2.45) is 11.7 Å². The molecule has 0 aliphatic carbocycles. The van der Waals surface area contributed by atoms with E-state index >= 15 is 0 Å². The first-order valence-electron chi connectivity index (χ1n) is 11.7. The highest BCUT2D eigenvalue weighted by molar-refractivity contribution is 6.39. The lowest BCUT2D eigenvalue weighted by Gasteiger charge is -2.35. The quantitative estimate of drug-likeness (QED) is 0.338. The van der Waals surface area contributed by atoms with Crippen LogP contribution in [0.15, 0.2) is 24.4 Å². The molecule has 2 aromatic rings. The molecule has 13 heteroatoms. The Morgan fingerprint density at radius 1 is 1.16 bits per heavy atom. The maximum Gasteiger partial charge on any atom is 0.269 e. The number of nitrogens with zero attached hydrogens (tertiary/aromatic N) is 2. The molecule has 3 amide bonds. The van der Waals surface area contributed by atoms with E-state index in [9.17, 15) is 19.2 Å². The molecule has 1 aliphatic heterocycles. The van der Waals surface area contributed by atoms with Gasteiger partial charge in [0, 0.05) is 31.1 Å². The fourth-order valence-electron chi connectivity index (χ4n) is 4.11. The van der Waals surface area contributed by atoms with Crippen molar-refractivity contribution in [3.63, 3.8) is 0 Å². The van der Waals surface area contributed by atoms with Crippen LogP contribution in [0, 0.1) is 5.92 Å². The maximum absolute atomic E-state index is 12.9. The number of halogens is 3. The van der Waals surface area contributed by atoms with Crippen LogP contribution < -0.4 is 16.4 Å². The predicted octanol–water partition coefficient (Wildman–Crippen LogP) is 2.38.